The Bertz CT molecular complexity index is 973. The van der Waals surface area contributed by atoms with Crippen molar-refractivity contribution in [2.75, 3.05) is 31.1 Å². The molecule has 0 aromatic carbocycles. The Balaban J connectivity index is 1.43. The fourth-order valence-corrected chi connectivity index (χ4v) is 4.30. The Morgan fingerprint density at radius 2 is 2.08 bits per heavy atom. The van der Waals surface area contributed by atoms with Crippen LogP contribution in [0.25, 0.3) is 11.9 Å². The first-order chi connectivity index (χ1) is 12.6. The van der Waals surface area contributed by atoms with Crippen molar-refractivity contribution >= 4 is 50.8 Å². The Morgan fingerprint density at radius 1 is 1.27 bits per heavy atom. The molecule has 1 aliphatic heterocycles. The normalized spacial score (nSPS) is 15.3. The molecule has 0 radical (unpaired) electrons. The van der Waals surface area contributed by atoms with Gasteiger partial charge in [0, 0.05) is 48.9 Å². The molecule has 0 unspecified atom stereocenters. The van der Waals surface area contributed by atoms with Gasteiger partial charge in [-0.1, -0.05) is 0 Å². The Kier molecular flexibility index (Phi) is 4.73. The first-order valence-electron chi connectivity index (χ1n) is 8.25. The van der Waals surface area contributed by atoms with Crippen molar-refractivity contribution < 1.29 is 4.79 Å². The molecule has 7 nitrogen and oxygen atoms in total. The summed E-state index contributed by atoms with van der Waals surface area (Å²) in [5.74, 6) is 1.62. The number of nitrogens with zero attached hydrogens (tertiary/aromatic N) is 6. The topological polar surface area (TPSA) is 66.6 Å². The number of aryl methyl sites for hydroxylation is 1. The van der Waals surface area contributed by atoms with Crippen LogP contribution < -0.4 is 4.90 Å². The molecule has 0 spiro atoms. The molecule has 1 saturated heterocycles. The summed E-state index contributed by atoms with van der Waals surface area (Å²) in [6, 6.07) is 5.98. The Morgan fingerprint density at radius 3 is 2.81 bits per heavy atom. The summed E-state index contributed by atoms with van der Waals surface area (Å²) >= 11 is 5.04. The maximum Gasteiger partial charge on any atom is 0.254 e. The minimum atomic E-state index is 0.0472. The number of halogens is 1. The van der Waals surface area contributed by atoms with E-state index in [1.54, 1.807) is 21.9 Å². The first kappa shape index (κ1) is 17.2. The molecule has 0 saturated carbocycles. The lowest BCUT2D eigenvalue weighted by Crippen LogP contribution is -2.48. The van der Waals surface area contributed by atoms with Crippen LogP contribution in [0.3, 0.4) is 0 Å². The number of amides is 1. The summed E-state index contributed by atoms with van der Waals surface area (Å²) in [5.41, 5.74) is 0.907. The molecule has 4 rings (SSSR count). The molecule has 0 bridgehead atoms. The highest BCUT2D eigenvalue weighted by molar-refractivity contribution is 9.11. The molecule has 134 valence electrons. The van der Waals surface area contributed by atoms with Gasteiger partial charge in [-0.15, -0.1) is 11.3 Å². The molecule has 1 fully saturated rings. The van der Waals surface area contributed by atoms with Gasteiger partial charge in [0.25, 0.3) is 5.78 Å². The Labute approximate surface area is 163 Å². The third-order valence-corrected chi connectivity index (χ3v) is 5.85. The third kappa shape index (κ3) is 3.49. The summed E-state index contributed by atoms with van der Waals surface area (Å²) in [4.78, 5) is 26.1. The van der Waals surface area contributed by atoms with Crippen molar-refractivity contribution in [1.82, 2.24) is 24.5 Å². The smallest absolute Gasteiger partial charge is 0.254 e. The van der Waals surface area contributed by atoms with E-state index in [4.69, 9.17) is 0 Å². The zero-order chi connectivity index (χ0) is 18.1. The summed E-state index contributed by atoms with van der Waals surface area (Å²) in [6.45, 7) is 4.81. The summed E-state index contributed by atoms with van der Waals surface area (Å²) in [5, 5.41) is 4.26. The maximum atomic E-state index is 12.4. The van der Waals surface area contributed by atoms with Crippen LogP contribution in [0.15, 0.2) is 34.4 Å². The van der Waals surface area contributed by atoms with Crippen LogP contribution in [0.2, 0.25) is 0 Å². The molecule has 0 atom stereocenters. The fourth-order valence-electron chi connectivity index (χ4n) is 2.97. The van der Waals surface area contributed by atoms with Gasteiger partial charge in [0.1, 0.15) is 12.1 Å². The monoisotopic (exact) mass is 432 g/mol. The minimum Gasteiger partial charge on any atom is -0.353 e. The molecule has 1 aliphatic rings. The fraction of sp³-hybridized carbons (Fsp3) is 0.294. The Hall–Kier alpha value is -2.26. The average molecular weight is 433 g/mol. The van der Waals surface area contributed by atoms with Crippen molar-refractivity contribution in [3.8, 4) is 0 Å². The van der Waals surface area contributed by atoms with E-state index in [1.807, 2.05) is 36.1 Å². The lowest BCUT2D eigenvalue weighted by Gasteiger charge is -2.35. The lowest BCUT2D eigenvalue weighted by molar-refractivity contribution is -0.126. The summed E-state index contributed by atoms with van der Waals surface area (Å²) < 4.78 is 2.81. The van der Waals surface area contributed by atoms with Gasteiger partial charge in [-0.05, 0) is 41.1 Å². The summed E-state index contributed by atoms with van der Waals surface area (Å²) in [7, 11) is 0. The number of carbonyl (C=O) groups excluding carboxylic acids is 1. The molecule has 0 aliphatic carbocycles. The van der Waals surface area contributed by atoms with Crippen LogP contribution in [-0.2, 0) is 4.79 Å². The summed E-state index contributed by atoms with van der Waals surface area (Å²) in [6.07, 6.45) is 5.04. The van der Waals surface area contributed by atoms with Crippen LogP contribution >= 0.6 is 27.3 Å². The second kappa shape index (κ2) is 7.16. The second-order valence-corrected chi connectivity index (χ2v) is 8.51. The molecular formula is C17H17BrN6OS. The quantitative estimate of drug-likeness (QED) is 0.595. The molecule has 4 heterocycles. The van der Waals surface area contributed by atoms with Crippen LogP contribution in [0.5, 0.6) is 0 Å². The number of anilines is 1. The number of rotatable bonds is 3. The SMILES string of the molecule is Cc1cc(N2CCN(C(=O)/C=C/c3ccc(Br)s3)CC2)n2ncnc2n1. The zero-order valence-corrected chi connectivity index (χ0v) is 16.6. The van der Waals surface area contributed by atoms with Crippen LogP contribution in [0.4, 0.5) is 5.82 Å². The number of thiophene rings is 1. The predicted molar refractivity (Wildman–Crippen MR) is 105 cm³/mol. The molecule has 0 N–H and O–H groups in total. The molecule has 9 heteroatoms. The minimum absolute atomic E-state index is 0.0472. The maximum absolute atomic E-state index is 12.4. The highest BCUT2D eigenvalue weighted by Crippen LogP contribution is 2.23. The van der Waals surface area contributed by atoms with Gasteiger partial charge in [0.15, 0.2) is 0 Å². The van der Waals surface area contributed by atoms with E-state index >= 15 is 0 Å². The number of hydrogen-bond donors (Lipinski definition) is 0. The van der Waals surface area contributed by atoms with E-state index in [0.717, 1.165) is 33.3 Å². The van der Waals surface area contributed by atoms with Crippen molar-refractivity contribution in [2.24, 2.45) is 0 Å². The van der Waals surface area contributed by atoms with Crippen molar-refractivity contribution in [3.63, 3.8) is 0 Å². The van der Waals surface area contributed by atoms with Crippen LogP contribution in [0, 0.1) is 6.92 Å². The number of piperazine rings is 1. The van der Waals surface area contributed by atoms with Crippen molar-refractivity contribution in [1.29, 1.82) is 0 Å². The third-order valence-electron chi connectivity index (χ3n) is 4.26. The number of fused-ring (bicyclic) bond motifs is 1. The number of aromatic nitrogens is 4. The zero-order valence-electron chi connectivity index (χ0n) is 14.2. The van der Waals surface area contributed by atoms with E-state index in [9.17, 15) is 4.79 Å². The van der Waals surface area contributed by atoms with E-state index in [1.165, 1.54) is 6.33 Å². The van der Waals surface area contributed by atoms with Gasteiger partial charge >= 0.3 is 0 Å². The standard InChI is InChI=1S/C17H17BrN6OS/c1-12-10-15(24-17(21-12)19-11-20-24)22-6-8-23(9-7-22)16(25)5-3-13-2-4-14(18)26-13/h2-5,10-11H,6-9H2,1H3/b5-3+. The van der Waals surface area contributed by atoms with Crippen LogP contribution in [-0.4, -0.2) is 56.6 Å². The number of hydrogen-bond acceptors (Lipinski definition) is 6. The molecular weight excluding hydrogens is 416 g/mol. The number of carbonyl (C=O) groups is 1. The molecule has 26 heavy (non-hydrogen) atoms. The van der Waals surface area contributed by atoms with Crippen molar-refractivity contribution in [3.05, 3.63) is 45.0 Å². The van der Waals surface area contributed by atoms with E-state index in [0.29, 0.717) is 18.9 Å². The van der Waals surface area contributed by atoms with Crippen LogP contribution in [0.1, 0.15) is 10.6 Å². The lowest BCUT2D eigenvalue weighted by atomic mass is 10.2. The first-order valence-corrected chi connectivity index (χ1v) is 9.86. The highest BCUT2D eigenvalue weighted by Gasteiger charge is 2.22. The van der Waals surface area contributed by atoms with Gasteiger partial charge < -0.3 is 9.80 Å². The van der Waals surface area contributed by atoms with Crippen molar-refractivity contribution in [2.45, 2.75) is 6.92 Å². The molecule has 3 aromatic rings. The second-order valence-electron chi connectivity index (χ2n) is 6.02. The molecule has 3 aromatic heterocycles. The highest BCUT2D eigenvalue weighted by atomic mass is 79.9. The largest absolute Gasteiger partial charge is 0.353 e. The van der Waals surface area contributed by atoms with Gasteiger partial charge in [-0.25, -0.2) is 4.98 Å². The van der Waals surface area contributed by atoms with E-state index < -0.39 is 0 Å². The average Bonchev–Trinajstić information content (AvgIpc) is 3.27. The van der Waals surface area contributed by atoms with E-state index in [-0.39, 0.29) is 5.91 Å². The van der Waals surface area contributed by atoms with Gasteiger partial charge in [0.05, 0.1) is 3.79 Å². The van der Waals surface area contributed by atoms with Gasteiger partial charge in [-0.2, -0.15) is 14.6 Å². The van der Waals surface area contributed by atoms with Gasteiger partial charge in [0.2, 0.25) is 5.91 Å². The van der Waals surface area contributed by atoms with E-state index in [2.05, 4.69) is 35.9 Å². The van der Waals surface area contributed by atoms with Gasteiger partial charge in [-0.3, -0.25) is 4.79 Å². The predicted octanol–water partition coefficient (Wildman–Crippen LogP) is 2.62. The molecule has 1 amide bonds.